The number of halogens is 1. The van der Waals surface area contributed by atoms with E-state index >= 15 is 0 Å². The van der Waals surface area contributed by atoms with Crippen LogP contribution >= 0.6 is 27.3 Å². The van der Waals surface area contributed by atoms with Crippen LogP contribution in [0.4, 0.5) is 0 Å². The molecule has 3 rings (SSSR count). The maximum atomic E-state index is 3.70. The zero-order valence-corrected chi connectivity index (χ0v) is 14.5. The third-order valence-corrected chi connectivity index (χ3v) is 5.57. The monoisotopic (exact) mass is 364 g/mol. The molecule has 1 aliphatic heterocycles. The summed E-state index contributed by atoms with van der Waals surface area (Å²) >= 11 is 5.39. The molecular formula is C17H21BrN2S. The van der Waals surface area contributed by atoms with Gasteiger partial charge in [-0.25, -0.2) is 0 Å². The van der Waals surface area contributed by atoms with Crippen molar-refractivity contribution in [2.24, 2.45) is 0 Å². The van der Waals surface area contributed by atoms with Crippen molar-refractivity contribution in [2.75, 3.05) is 19.6 Å². The summed E-state index contributed by atoms with van der Waals surface area (Å²) < 4.78 is 1.20. The molecule has 0 aliphatic carbocycles. The summed E-state index contributed by atoms with van der Waals surface area (Å²) in [6.45, 7) is 4.52. The smallest absolute Gasteiger partial charge is 0.0328 e. The van der Waals surface area contributed by atoms with E-state index in [1.807, 2.05) is 11.3 Å². The van der Waals surface area contributed by atoms with Gasteiger partial charge in [0.25, 0.3) is 0 Å². The van der Waals surface area contributed by atoms with E-state index in [0.717, 1.165) is 26.1 Å². The van der Waals surface area contributed by atoms with Crippen LogP contribution in [0.3, 0.4) is 0 Å². The molecule has 1 aromatic carbocycles. The Morgan fingerprint density at radius 1 is 1.29 bits per heavy atom. The molecule has 1 atom stereocenters. The van der Waals surface area contributed by atoms with Gasteiger partial charge in [-0.05, 0) is 53.5 Å². The van der Waals surface area contributed by atoms with Gasteiger partial charge >= 0.3 is 0 Å². The van der Waals surface area contributed by atoms with Crippen LogP contribution in [0.15, 0.2) is 46.3 Å². The molecule has 4 heteroatoms. The second kappa shape index (κ2) is 7.54. The quantitative estimate of drug-likeness (QED) is 0.884. The number of rotatable bonds is 4. The third kappa shape index (κ3) is 4.65. The molecule has 0 radical (unpaired) electrons. The van der Waals surface area contributed by atoms with E-state index < -0.39 is 0 Å². The second-order valence-corrected chi connectivity index (χ2v) is 7.57. The average molecular weight is 365 g/mol. The Kier molecular flexibility index (Phi) is 5.47. The molecule has 0 saturated carbocycles. The Bertz CT molecular complexity index is 555. The van der Waals surface area contributed by atoms with Crippen LogP contribution in [0, 0.1) is 0 Å². The third-order valence-electron chi connectivity index (χ3n) is 3.89. The number of hydrogen-bond acceptors (Lipinski definition) is 3. The molecule has 0 spiro atoms. The number of benzene rings is 1. The maximum absolute atomic E-state index is 3.70. The molecule has 112 valence electrons. The predicted octanol–water partition coefficient (Wildman–Crippen LogP) is 3.92. The van der Waals surface area contributed by atoms with Crippen molar-refractivity contribution in [3.63, 3.8) is 0 Å². The highest BCUT2D eigenvalue weighted by atomic mass is 79.9. The zero-order valence-electron chi connectivity index (χ0n) is 12.1. The van der Waals surface area contributed by atoms with Gasteiger partial charge in [-0.2, -0.15) is 0 Å². The maximum Gasteiger partial charge on any atom is 0.0328 e. The zero-order chi connectivity index (χ0) is 14.5. The highest BCUT2D eigenvalue weighted by molar-refractivity contribution is 9.10. The normalized spacial score (nSPS) is 20.3. The Morgan fingerprint density at radius 3 is 2.90 bits per heavy atom. The minimum atomic E-state index is 0.554. The lowest BCUT2D eigenvalue weighted by Gasteiger charge is -2.24. The largest absolute Gasteiger partial charge is 0.312 e. The van der Waals surface area contributed by atoms with E-state index in [4.69, 9.17) is 0 Å². The van der Waals surface area contributed by atoms with Gasteiger partial charge in [0.2, 0.25) is 0 Å². The second-order valence-electron chi connectivity index (χ2n) is 5.66. The first kappa shape index (κ1) is 15.2. The molecule has 0 amide bonds. The van der Waals surface area contributed by atoms with Gasteiger partial charge in [-0.3, -0.25) is 4.90 Å². The highest BCUT2D eigenvalue weighted by Crippen LogP contribution is 2.22. The summed E-state index contributed by atoms with van der Waals surface area (Å²) in [5, 5.41) is 5.88. The average Bonchev–Trinajstić information content (AvgIpc) is 2.76. The first-order valence-corrected chi connectivity index (χ1v) is 9.19. The first-order chi connectivity index (χ1) is 10.3. The summed E-state index contributed by atoms with van der Waals surface area (Å²) in [6.07, 6.45) is 2.35. The Balaban J connectivity index is 1.60. The van der Waals surface area contributed by atoms with Gasteiger partial charge in [0.15, 0.2) is 0 Å². The summed E-state index contributed by atoms with van der Waals surface area (Å²) in [7, 11) is 0. The minimum Gasteiger partial charge on any atom is -0.312 e. The lowest BCUT2D eigenvalue weighted by atomic mass is 10.1. The van der Waals surface area contributed by atoms with Gasteiger partial charge in [-0.15, -0.1) is 11.3 Å². The van der Waals surface area contributed by atoms with E-state index in [-0.39, 0.29) is 0 Å². The van der Waals surface area contributed by atoms with Crippen molar-refractivity contribution in [2.45, 2.75) is 25.4 Å². The molecule has 1 N–H and O–H groups in total. The molecular weight excluding hydrogens is 344 g/mol. The molecule has 1 aromatic heterocycles. The van der Waals surface area contributed by atoms with Crippen LogP contribution in [0.1, 0.15) is 16.9 Å². The van der Waals surface area contributed by atoms with E-state index in [2.05, 4.69) is 67.9 Å². The van der Waals surface area contributed by atoms with Crippen molar-refractivity contribution in [3.05, 3.63) is 56.7 Å². The molecule has 1 unspecified atom stereocenters. The fraction of sp³-hybridized carbons (Fsp3) is 0.412. The van der Waals surface area contributed by atoms with Gasteiger partial charge < -0.3 is 5.32 Å². The fourth-order valence-electron chi connectivity index (χ4n) is 2.91. The summed E-state index contributed by atoms with van der Waals surface area (Å²) in [4.78, 5) is 4.04. The van der Waals surface area contributed by atoms with Crippen LogP contribution in [0.5, 0.6) is 0 Å². The number of nitrogens with one attached hydrogen (secondary N) is 1. The van der Waals surface area contributed by atoms with Crippen LogP contribution in [-0.4, -0.2) is 30.6 Å². The highest BCUT2D eigenvalue weighted by Gasteiger charge is 2.18. The van der Waals surface area contributed by atoms with E-state index in [1.54, 1.807) is 0 Å². The molecule has 2 heterocycles. The standard InChI is InChI=1S/C17H21BrN2S/c18-15-10-17(21-13-15)12-20-8-4-7-19-16(11-20)9-14-5-2-1-3-6-14/h1-3,5-6,10,13,16,19H,4,7-9,11-12H2. The van der Waals surface area contributed by atoms with Gasteiger partial charge in [0.1, 0.15) is 0 Å². The van der Waals surface area contributed by atoms with Crippen LogP contribution < -0.4 is 5.32 Å². The van der Waals surface area contributed by atoms with Crippen molar-refractivity contribution in [1.82, 2.24) is 10.2 Å². The summed E-state index contributed by atoms with van der Waals surface area (Å²) in [6, 6.07) is 13.6. The SMILES string of the molecule is Brc1csc(CN2CCCNC(Cc3ccccc3)C2)c1. The molecule has 2 aromatic rings. The van der Waals surface area contributed by atoms with Gasteiger partial charge in [-0.1, -0.05) is 30.3 Å². The van der Waals surface area contributed by atoms with Crippen LogP contribution in [0.2, 0.25) is 0 Å². The van der Waals surface area contributed by atoms with Crippen molar-refractivity contribution in [3.8, 4) is 0 Å². The first-order valence-electron chi connectivity index (χ1n) is 7.52. The Hall–Kier alpha value is -0.680. The van der Waals surface area contributed by atoms with Crippen molar-refractivity contribution in [1.29, 1.82) is 0 Å². The van der Waals surface area contributed by atoms with Crippen LogP contribution in [-0.2, 0) is 13.0 Å². The summed E-state index contributed by atoms with van der Waals surface area (Å²) in [5.41, 5.74) is 1.43. The topological polar surface area (TPSA) is 15.3 Å². The van der Waals surface area contributed by atoms with E-state index in [1.165, 1.54) is 27.9 Å². The van der Waals surface area contributed by atoms with Crippen molar-refractivity contribution < 1.29 is 0 Å². The molecule has 2 nitrogen and oxygen atoms in total. The molecule has 0 bridgehead atoms. The van der Waals surface area contributed by atoms with Gasteiger partial charge in [0, 0.05) is 33.9 Å². The lowest BCUT2D eigenvalue weighted by Crippen LogP contribution is -2.38. The predicted molar refractivity (Wildman–Crippen MR) is 93.8 cm³/mol. The van der Waals surface area contributed by atoms with Gasteiger partial charge in [0.05, 0.1) is 0 Å². The number of hydrogen-bond donors (Lipinski definition) is 1. The molecule has 21 heavy (non-hydrogen) atoms. The Labute approximate surface area is 139 Å². The number of thiophene rings is 1. The van der Waals surface area contributed by atoms with E-state index in [0.29, 0.717) is 6.04 Å². The minimum absolute atomic E-state index is 0.554. The fourth-order valence-corrected chi connectivity index (χ4v) is 4.40. The molecule has 1 saturated heterocycles. The number of nitrogens with zero attached hydrogens (tertiary/aromatic N) is 1. The molecule has 1 aliphatic rings. The molecule has 1 fully saturated rings. The lowest BCUT2D eigenvalue weighted by molar-refractivity contribution is 0.261. The summed E-state index contributed by atoms with van der Waals surface area (Å²) in [5.74, 6) is 0. The van der Waals surface area contributed by atoms with Crippen molar-refractivity contribution >= 4 is 27.3 Å². The van der Waals surface area contributed by atoms with Crippen LogP contribution in [0.25, 0.3) is 0 Å². The Morgan fingerprint density at radius 2 is 2.14 bits per heavy atom. The van der Waals surface area contributed by atoms with E-state index in [9.17, 15) is 0 Å².